The SMILES string of the molecule is COCCNCCCOc1c(Br)cccc1OC. The average molecular weight is 318 g/mol. The molecule has 1 aromatic rings. The Kier molecular flexibility index (Phi) is 7.80. The molecule has 0 aliphatic heterocycles. The summed E-state index contributed by atoms with van der Waals surface area (Å²) < 4.78 is 16.8. The summed E-state index contributed by atoms with van der Waals surface area (Å²) in [7, 11) is 3.34. The van der Waals surface area contributed by atoms with Crippen LogP contribution in [0, 0.1) is 0 Å². The molecule has 0 saturated carbocycles. The van der Waals surface area contributed by atoms with E-state index >= 15 is 0 Å². The fourth-order valence-corrected chi connectivity index (χ4v) is 1.92. The molecule has 1 aromatic carbocycles. The van der Waals surface area contributed by atoms with E-state index in [4.69, 9.17) is 14.2 Å². The largest absolute Gasteiger partial charge is 0.493 e. The lowest BCUT2D eigenvalue weighted by Crippen LogP contribution is -2.21. The van der Waals surface area contributed by atoms with Gasteiger partial charge >= 0.3 is 0 Å². The van der Waals surface area contributed by atoms with Crippen LogP contribution >= 0.6 is 15.9 Å². The van der Waals surface area contributed by atoms with Crippen molar-refractivity contribution >= 4 is 15.9 Å². The van der Waals surface area contributed by atoms with Crippen LogP contribution < -0.4 is 14.8 Å². The zero-order valence-corrected chi connectivity index (χ0v) is 12.5. The van der Waals surface area contributed by atoms with Gasteiger partial charge in [0.1, 0.15) is 0 Å². The lowest BCUT2D eigenvalue weighted by atomic mass is 10.3. The van der Waals surface area contributed by atoms with Crippen LogP contribution in [-0.4, -0.2) is 40.5 Å². The topological polar surface area (TPSA) is 39.7 Å². The highest BCUT2D eigenvalue weighted by molar-refractivity contribution is 9.10. The maximum atomic E-state index is 5.72. The van der Waals surface area contributed by atoms with Crippen LogP contribution in [0.4, 0.5) is 0 Å². The monoisotopic (exact) mass is 317 g/mol. The van der Waals surface area contributed by atoms with Crippen molar-refractivity contribution in [3.05, 3.63) is 22.7 Å². The molecule has 0 aliphatic rings. The molecule has 0 heterocycles. The van der Waals surface area contributed by atoms with Crippen LogP contribution in [0.1, 0.15) is 6.42 Å². The van der Waals surface area contributed by atoms with E-state index in [-0.39, 0.29) is 0 Å². The lowest BCUT2D eigenvalue weighted by Gasteiger charge is -2.12. The zero-order valence-electron chi connectivity index (χ0n) is 10.9. The number of para-hydroxylation sites is 1. The number of ether oxygens (including phenoxy) is 3. The summed E-state index contributed by atoms with van der Waals surface area (Å²) in [6.45, 7) is 3.17. The molecule has 0 saturated heterocycles. The van der Waals surface area contributed by atoms with Crippen molar-refractivity contribution in [3.63, 3.8) is 0 Å². The molecule has 5 heteroatoms. The van der Waals surface area contributed by atoms with Crippen molar-refractivity contribution < 1.29 is 14.2 Å². The average Bonchev–Trinajstić information content (AvgIpc) is 2.39. The Hall–Kier alpha value is -0.780. The standard InChI is InChI=1S/C13H20BrNO3/c1-16-10-8-15-7-4-9-18-13-11(14)5-3-6-12(13)17-2/h3,5-6,15H,4,7-10H2,1-2H3. The molecule has 0 unspecified atom stereocenters. The number of hydrogen-bond acceptors (Lipinski definition) is 4. The minimum absolute atomic E-state index is 0.652. The molecule has 0 spiro atoms. The van der Waals surface area contributed by atoms with Crippen molar-refractivity contribution in [3.8, 4) is 11.5 Å². The highest BCUT2D eigenvalue weighted by Gasteiger charge is 2.07. The van der Waals surface area contributed by atoms with Gasteiger partial charge in [0.2, 0.25) is 0 Å². The number of benzene rings is 1. The first-order valence-electron chi connectivity index (χ1n) is 5.94. The molecule has 0 amide bonds. The third kappa shape index (κ3) is 5.25. The normalized spacial score (nSPS) is 10.4. The van der Waals surface area contributed by atoms with E-state index in [0.29, 0.717) is 6.61 Å². The van der Waals surface area contributed by atoms with Gasteiger partial charge in [-0.15, -0.1) is 0 Å². The predicted octanol–water partition coefficient (Wildman–Crippen LogP) is 2.46. The third-order valence-corrected chi connectivity index (χ3v) is 3.00. The Morgan fingerprint density at radius 1 is 1.17 bits per heavy atom. The van der Waals surface area contributed by atoms with E-state index in [2.05, 4.69) is 21.2 Å². The maximum absolute atomic E-state index is 5.72. The molecule has 18 heavy (non-hydrogen) atoms. The van der Waals surface area contributed by atoms with Gasteiger partial charge in [-0.1, -0.05) is 6.07 Å². The molecule has 1 rings (SSSR count). The van der Waals surface area contributed by atoms with E-state index in [0.717, 1.165) is 42.1 Å². The second-order valence-corrected chi connectivity index (χ2v) is 4.57. The van der Waals surface area contributed by atoms with E-state index < -0.39 is 0 Å². The van der Waals surface area contributed by atoms with Gasteiger partial charge in [-0.25, -0.2) is 0 Å². The van der Waals surface area contributed by atoms with Crippen molar-refractivity contribution in [2.45, 2.75) is 6.42 Å². The highest BCUT2D eigenvalue weighted by atomic mass is 79.9. The summed E-state index contributed by atoms with van der Waals surface area (Å²) in [5.41, 5.74) is 0. The smallest absolute Gasteiger partial charge is 0.175 e. The van der Waals surface area contributed by atoms with E-state index in [1.165, 1.54) is 0 Å². The van der Waals surface area contributed by atoms with E-state index in [1.54, 1.807) is 14.2 Å². The van der Waals surface area contributed by atoms with Crippen LogP contribution in [0.25, 0.3) is 0 Å². The molecule has 0 aromatic heterocycles. The Labute approximate surface area is 117 Å². The van der Waals surface area contributed by atoms with Gasteiger partial charge in [-0.3, -0.25) is 0 Å². The number of nitrogens with one attached hydrogen (secondary N) is 1. The van der Waals surface area contributed by atoms with Crippen LogP contribution in [0.3, 0.4) is 0 Å². The molecular formula is C13H20BrNO3. The molecule has 0 aliphatic carbocycles. The molecule has 4 nitrogen and oxygen atoms in total. The Morgan fingerprint density at radius 3 is 2.72 bits per heavy atom. The van der Waals surface area contributed by atoms with E-state index in [1.807, 2.05) is 18.2 Å². The van der Waals surface area contributed by atoms with Crippen LogP contribution in [0.2, 0.25) is 0 Å². The number of hydrogen-bond donors (Lipinski definition) is 1. The van der Waals surface area contributed by atoms with Crippen LogP contribution in [0.5, 0.6) is 11.5 Å². The first-order chi connectivity index (χ1) is 8.79. The molecule has 0 bridgehead atoms. The van der Waals surface area contributed by atoms with Gasteiger partial charge in [0.05, 0.1) is 24.8 Å². The summed E-state index contributed by atoms with van der Waals surface area (Å²) >= 11 is 3.45. The second kappa shape index (κ2) is 9.19. The molecular weight excluding hydrogens is 298 g/mol. The van der Waals surface area contributed by atoms with Gasteiger partial charge in [-0.05, 0) is 41.0 Å². The van der Waals surface area contributed by atoms with Gasteiger partial charge < -0.3 is 19.5 Å². The Balaban J connectivity index is 2.26. The third-order valence-electron chi connectivity index (χ3n) is 2.38. The van der Waals surface area contributed by atoms with Crippen molar-refractivity contribution in [1.29, 1.82) is 0 Å². The molecule has 0 radical (unpaired) electrons. The molecule has 0 atom stereocenters. The number of halogens is 1. The fraction of sp³-hybridized carbons (Fsp3) is 0.538. The van der Waals surface area contributed by atoms with Crippen LogP contribution in [0.15, 0.2) is 22.7 Å². The van der Waals surface area contributed by atoms with Gasteiger partial charge in [0.15, 0.2) is 11.5 Å². The Morgan fingerprint density at radius 2 is 2.00 bits per heavy atom. The number of methoxy groups -OCH3 is 2. The molecule has 0 fully saturated rings. The van der Waals surface area contributed by atoms with Gasteiger partial charge in [-0.2, -0.15) is 0 Å². The summed E-state index contributed by atoms with van der Waals surface area (Å²) in [6.07, 6.45) is 0.939. The minimum Gasteiger partial charge on any atom is -0.493 e. The van der Waals surface area contributed by atoms with Crippen LogP contribution in [-0.2, 0) is 4.74 Å². The summed E-state index contributed by atoms with van der Waals surface area (Å²) in [6, 6.07) is 5.74. The highest BCUT2D eigenvalue weighted by Crippen LogP contribution is 2.34. The Bertz CT molecular complexity index is 347. The molecule has 1 N–H and O–H groups in total. The molecule has 102 valence electrons. The first kappa shape index (κ1) is 15.3. The quantitative estimate of drug-likeness (QED) is 0.710. The number of rotatable bonds is 9. The van der Waals surface area contributed by atoms with Gasteiger partial charge in [0, 0.05) is 13.7 Å². The maximum Gasteiger partial charge on any atom is 0.175 e. The zero-order chi connectivity index (χ0) is 13.2. The van der Waals surface area contributed by atoms with Crippen molar-refractivity contribution in [2.75, 3.05) is 40.5 Å². The first-order valence-corrected chi connectivity index (χ1v) is 6.74. The lowest BCUT2D eigenvalue weighted by molar-refractivity contribution is 0.198. The second-order valence-electron chi connectivity index (χ2n) is 3.72. The van der Waals surface area contributed by atoms with Gasteiger partial charge in [0.25, 0.3) is 0 Å². The minimum atomic E-state index is 0.652. The fourth-order valence-electron chi connectivity index (χ4n) is 1.46. The predicted molar refractivity (Wildman–Crippen MR) is 75.6 cm³/mol. The van der Waals surface area contributed by atoms with Crippen molar-refractivity contribution in [2.24, 2.45) is 0 Å². The summed E-state index contributed by atoms with van der Waals surface area (Å²) in [5.74, 6) is 1.51. The van der Waals surface area contributed by atoms with E-state index in [9.17, 15) is 0 Å². The van der Waals surface area contributed by atoms with Crippen molar-refractivity contribution in [1.82, 2.24) is 5.32 Å². The summed E-state index contributed by atoms with van der Waals surface area (Å²) in [4.78, 5) is 0. The summed E-state index contributed by atoms with van der Waals surface area (Å²) in [5, 5.41) is 3.27.